The molecule has 5 nitrogen and oxygen atoms in total. The lowest BCUT2D eigenvalue weighted by Gasteiger charge is -2.16. The molecular weight excluding hydrogens is 348 g/mol. The summed E-state index contributed by atoms with van der Waals surface area (Å²) in [5.74, 6) is 1.63. The molecule has 3 unspecified atom stereocenters. The van der Waals surface area contributed by atoms with E-state index in [0.717, 1.165) is 18.5 Å². The first-order valence-corrected chi connectivity index (χ1v) is 11.2. The number of unbranched alkanes of at least 4 members (excludes halogenated alkanes) is 1. The van der Waals surface area contributed by atoms with Crippen LogP contribution in [0.4, 0.5) is 0 Å². The van der Waals surface area contributed by atoms with Crippen LogP contribution in [0, 0.1) is 17.8 Å². The summed E-state index contributed by atoms with van der Waals surface area (Å²) in [5, 5.41) is 2.58. The van der Waals surface area contributed by atoms with E-state index < -0.39 is 15.3 Å². The molecule has 6 heteroatoms. The maximum atomic E-state index is 12.2. The van der Waals surface area contributed by atoms with Crippen molar-refractivity contribution in [2.75, 3.05) is 6.54 Å². The van der Waals surface area contributed by atoms with Crippen molar-refractivity contribution in [3.05, 3.63) is 23.9 Å². The Balaban J connectivity index is 2.32. The van der Waals surface area contributed by atoms with Gasteiger partial charge >= 0.3 is 0 Å². The molecule has 0 saturated heterocycles. The summed E-state index contributed by atoms with van der Waals surface area (Å²) in [6.45, 7) is 14.3. The highest BCUT2D eigenvalue weighted by molar-refractivity contribution is 7.90. The number of amides is 1. The number of hydrogen-bond acceptors (Lipinski definition) is 3. The van der Waals surface area contributed by atoms with Gasteiger partial charge in [-0.15, -0.1) is 0 Å². The van der Waals surface area contributed by atoms with Crippen molar-refractivity contribution in [2.24, 2.45) is 17.8 Å². The highest BCUT2D eigenvalue weighted by atomic mass is 32.2. The summed E-state index contributed by atoms with van der Waals surface area (Å²) in [4.78, 5) is 12.2. The minimum atomic E-state index is -3.22. The standard InChI is InChI=1S/C20H36N2O3S/c1-7-19(13-18-12-15(4)16(5)17(18)6)22-20(23)10-8-9-11-21-26(24,25)14(2)3/h7,14-16,18,21H,6,8-13H2,1-5H3,(H,22,23)/b19-7+. The smallest absolute Gasteiger partial charge is 0.224 e. The Bertz CT molecular complexity index is 623. The Morgan fingerprint density at radius 3 is 2.46 bits per heavy atom. The number of nitrogens with one attached hydrogen (secondary N) is 2. The van der Waals surface area contributed by atoms with Crippen molar-refractivity contribution in [3.63, 3.8) is 0 Å². The van der Waals surface area contributed by atoms with Gasteiger partial charge in [0.2, 0.25) is 15.9 Å². The summed E-state index contributed by atoms with van der Waals surface area (Å²) >= 11 is 0. The Labute approximate surface area is 159 Å². The highest BCUT2D eigenvalue weighted by Crippen LogP contribution is 2.42. The molecule has 2 N–H and O–H groups in total. The molecule has 1 amide bonds. The van der Waals surface area contributed by atoms with E-state index in [4.69, 9.17) is 0 Å². The molecule has 0 aromatic heterocycles. The van der Waals surface area contributed by atoms with Gasteiger partial charge in [0.05, 0.1) is 5.25 Å². The van der Waals surface area contributed by atoms with E-state index in [2.05, 4.69) is 30.5 Å². The highest BCUT2D eigenvalue weighted by Gasteiger charge is 2.32. The SMILES string of the molecule is C=C1C(C/C(=C\C)NC(=O)CCCCNS(=O)(=O)C(C)C)CC(C)C1C. The van der Waals surface area contributed by atoms with Crippen LogP contribution in [0.5, 0.6) is 0 Å². The fourth-order valence-electron chi connectivity index (χ4n) is 3.30. The van der Waals surface area contributed by atoms with Gasteiger partial charge in [0.15, 0.2) is 0 Å². The van der Waals surface area contributed by atoms with Gasteiger partial charge in [-0.25, -0.2) is 13.1 Å². The predicted molar refractivity (Wildman–Crippen MR) is 108 cm³/mol. The fourth-order valence-corrected chi connectivity index (χ4v) is 4.06. The molecule has 3 atom stereocenters. The molecule has 1 saturated carbocycles. The average Bonchev–Trinajstić information content (AvgIpc) is 2.80. The molecule has 0 aromatic rings. The van der Waals surface area contributed by atoms with Gasteiger partial charge in [0.25, 0.3) is 0 Å². The Morgan fingerprint density at radius 2 is 1.96 bits per heavy atom. The molecule has 0 spiro atoms. The van der Waals surface area contributed by atoms with Gasteiger partial charge in [-0.1, -0.05) is 32.1 Å². The Hall–Kier alpha value is -1.14. The first-order valence-electron chi connectivity index (χ1n) is 9.70. The predicted octanol–water partition coefficient (Wildman–Crippen LogP) is 3.74. The lowest BCUT2D eigenvalue weighted by Crippen LogP contribution is -2.31. The lowest BCUT2D eigenvalue weighted by atomic mass is 9.95. The van der Waals surface area contributed by atoms with Crippen molar-refractivity contribution in [2.45, 2.75) is 72.0 Å². The summed E-state index contributed by atoms with van der Waals surface area (Å²) < 4.78 is 25.9. The lowest BCUT2D eigenvalue weighted by molar-refractivity contribution is -0.120. The third-order valence-electron chi connectivity index (χ3n) is 5.49. The van der Waals surface area contributed by atoms with Crippen molar-refractivity contribution in [1.82, 2.24) is 10.0 Å². The number of allylic oxidation sites excluding steroid dienone is 3. The number of hydrogen-bond donors (Lipinski definition) is 2. The summed E-state index contributed by atoms with van der Waals surface area (Å²) in [7, 11) is -3.22. The van der Waals surface area contributed by atoms with E-state index in [-0.39, 0.29) is 5.91 Å². The van der Waals surface area contributed by atoms with Gasteiger partial charge in [-0.3, -0.25) is 4.79 Å². The van der Waals surface area contributed by atoms with Crippen molar-refractivity contribution in [1.29, 1.82) is 0 Å². The van der Waals surface area contributed by atoms with E-state index in [1.807, 2.05) is 13.0 Å². The molecule has 0 bridgehead atoms. The molecular formula is C20H36N2O3S. The van der Waals surface area contributed by atoms with Crippen LogP contribution in [-0.2, 0) is 14.8 Å². The van der Waals surface area contributed by atoms with Crippen LogP contribution in [0.25, 0.3) is 0 Å². The van der Waals surface area contributed by atoms with Gasteiger partial charge in [-0.2, -0.15) is 0 Å². The zero-order chi connectivity index (χ0) is 19.9. The van der Waals surface area contributed by atoms with E-state index in [1.54, 1.807) is 13.8 Å². The molecule has 1 rings (SSSR count). The third kappa shape index (κ3) is 6.88. The van der Waals surface area contributed by atoms with Crippen LogP contribution >= 0.6 is 0 Å². The summed E-state index contributed by atoms with van der Waals surface area (Å²) in [6, 6.07) is 0. The Kier molecular flexibility index (Phi) is 9.04. The summed E-state index contributed by atoms with van der Waals surface area (Å²) in [6.07, 6.45) is 5.65. The van der Waals surface area contributed by atoms with E-state index in [1.165, 1.54) is 5.57 Å². The van der Waals surface area contributed by atoms with E-state index >= 15 is 0 Å². The first kappa shape index (κ1) is 22.9. The minimum absolute atomic E-state index is 0.00507. The van der Waals surface area contributed by atoms with Crippen LogP contribution in [0.3, 0.4) is 0 Å². The van der Waals surface area contributed by atoms with Crippen molar-refractivity contribution >= 4 is 15.9 Å². The topological polar surface area (TPSA) is 75.3 Å². The van der Waals surface area contributed by atoms with Gasteiger partial charge in [-0.05, 0) is 64.2 Å². The third-order valence-corrected chi connectivity index (χ3v) is 7.34. The molecule has 0 radical (unpaired) electrons. The van der Waals surface area contributed by atoms with Crippen LogP contribution in [0.1, 0.15) is 66.7 Å². The maximum Gasteiger partial charge on any atom is 0.224 e. The summed E-state index contributed by atoms with van der Waals surface area (Å²) in [5.41, 5.74) is 2.26. The second-order valence-corrected chi connectivity index (χ2v) is 10.1. The second kappa shape index (κ2) is 10.3. The number of rotatable bonds is 10. The first-order chi connectivity index (χ1) is 12.1. The quantitative estimate of drug-likeness (QED) is 0.445. The van der Waals surface area contributed by atoms with Crippen LogP contribution in [0.15, 0.2) is 23.9 Å². The zero-order valence-corrected chi connectivity index (χ0v) is 17.8. The average molecular weight is 385 g/mol. The molecule has 150 valence electrons. The normalized spacial score (nSPS) is 24.3. The fraction of sp³-hybridized carbons (Fsp3) is 0.750. The molecule has 0 aromatic carbocycles. The van der Waals surface area contributed by atoms with Crippen molar-refractivity contribution < 1.29 is 13.2 Å². The Morgan fingerprint density at radius 1 is 1.31 bits per heavy atom. The zero-order valence-electron chi connectivity index (χ0n) is 17.0. The van der Waals surface area contributed by atoms with Crippen molar-refractivity contribution in [3.8, 4) is 0 Å². The van der Waals surface area contributed by atoms with Gasteiger partial charge in [0.1, 0.15) is 0 Å². The number of carbonyl (C=O) groups is 1. The van der Waals surface area contributed by atoms with Crippen LogP contribution in [-0.4, -0.2) is 26.1 Å². The molecule has 1 aliphatic rings. The monoisotopic (exact) mass is 384 g/mol. The largest absolute Gasteiger partial charge is 0.330 e. The number of carbonyl (C=O) groups excluding carboxylic acids is 1. The van der Waals surface area contributed by atoms with Crippen LogP contribution in [0.2, 0.25) is 0 Å². The van der Waals surface area contributed by atoms with E-state index in [9.17, 15) is 13.2 Å². The van der Waals surface area contributed by atoms with E-state index in [0.29, 0.717) is 43.6 Å². The molecule has 0 aliphatic heterocycles. The minimum Gasteiger partial charge on any atom is -0.330 e. The van der Waals surface area contributed by atoms with Gasteiger partial charge < -0.3 is 5.32 Å². The molecule has 1 aliphatic carbocycles. The molecule has 0 heterocycles. The van der Waals surface area contributed by atoms with Gasteiger partial charge in [0, 0.05) is 18.7 Å². The molecule has 26 heavy (non-hydrogen) atoms. The van der Waals surface area contributed by atoms with Crippen LogP contribution < -0.4 is 10.0 Å². The molecule has 1 fully saturated rings. The number of sulfonamides is 1. The second-order valence-electron chi connectivity index (χ2n) is 7.78. The maximum absolute atomic E-state index is 12.2.